The molecule has 2 fully saturated rings. The molecular formula is C18H25NO3. The number of benzene rings is 1. The van der Waals surface area contributed by atoms with E-state index in [1.165, 1.54) is 25.7 Å². The van der Waals surface area contributed by atoms with Gasteiger partial charge in [-0.1, -0.05) is 6.42 Å². The van der Waals surface area contributed by atoms with E-state index < -0.39 is 0 Å². The number of hydrogen-bond acceptors (Lipinski definition) is 3. The molecule has 0 saturated heterocycles. The van der Waals surface area contributed by atoms with Crippen LogP contribution in [0.2, 0.25) is 0 Å². The van der Waals surface area contributed by atoms with Crippen LogP contribution in [0.15, 0.2) is 24.3 Å². The first-order valence-corrected chi connectivity index (χ1v) is 8.22. The lowest BCUT2D eigenvalue weighted by Crippen LogP contribution is -2.42. The van der Waals surface area contributed by atoms with Gasteiger partial charge in [0.1, 0.15) is 11.5 Å². The molecule has 120 valence electrons. The fourth-order valence-corrected chi connectivity index (χ4v) is 4.13. The Morgan fingerprint density at radius 3 is 2.55 bits per heavy atom. The van der Waals surface area contributed by atoms with Crippen LogP contribution in [0.5, 0.6) is 11.5 Å². The van der Waals surface area contributed by atoms with Crippen molar-refractivity contribution in [2.24, 2.45) is 17.8 Å². The van der Waals surface area contributed by atoms with Crippen molar-refractivity contribution in [2.75, 3.05) is 13.7 Å². The Bertz CT molecular complexity index is 514. The van der Waals surface area contributed by atoms with Gasteiger partial charge in [0.2, 0.25) is 0 Å². The van der Waals surface area contributed by atoms with Crippen LogP contribution < -0.4 is 14.8 Å². The largest absolute Gasteiger partial charge is 0.497 e. The molecule has 0 heterocycles. The van der Waals surface area contributed by atoms with Crippen molar-refractivity contribution >= 4 is 5.91 Å². The van der Waals surface area contributed by atoms with E-state index in [2.05, 4.69) is 12.2 Å². The monoisotopic (exact) mass is 303 g/mol. The van der Waals surface area contributed by atoms with Gasteiger partial charge in [0.25, 0.3) is 5.91 Å². The highest BCUT2D eigenvalue weighted by Crippen LogP contribution is 2.49. The Morgan fingerprint density at radius 2 is 1.95 bits per heavy atom. The van der Waals surface area contributed by atoms with Gasteiger partial charge < -0.3 is 14.8 Å². The fraction of sp³-hybridized carbons (Fsp3) is 0.611. The predicted molar refractivity (Wildman–Crippen MR) is 85.0 cm³/mol. The van der Waals surface area contributed by atoms with Crippen molar-refractivity contribution in [3.05, 3.63) is 24.3 Å². The van der Waals surface area contributed by atoms with E-state index in [0.29, 0.717) is 11.7 Å². The van der Waals surface area contributed by atoms with Gasteiger partial charge in [-0.3, -0.25) is 4.79 Å². The lowest BCUT2D eigenvalue weighted by molar-refractivity contribution is -0.124. The summed E-state index contributed by atoms with van der Waals surface area (Å²) in [5, 5.41) is 3.11. The Kier molecular flexibility index (Phi) is 4.55. The van der Waals surface area contributed by atoms with Gasteiger partial charge in [-0.25, -0.2) is 0 Å². The zero-order valence-corrected chi connectivity index (χ0v) is 13.4. The zero-order valence-electron chi connectivity index (χ0n) is 13.4. The van der Waals surface area contributed by atoms with E-state index in [4.69, 9.17) is 9.47 Å². The predicted octanol–water partition coefficient (Wildman–Crippen LogP) is 3.01. The van der Waals surface area contributed by atoms with Crippen LogP contribution in [0, 0.1) is 17.8 Å². The van der Waals surface area contributed by atoms with Gasteiger partial charge in [0, 0.05) is 6.04 Å². The number of amides is 1. The van der Waals surface area contributed by atoms with E-state index in [9.17, 15) is 4.79 Å². The summed E-state index contributed by atoms with van der Waals surface area (Å²) in [5.41, 5.74) is 0. The number of hydrogen-bond donors (Lipinski definition) is 1. The highest BCUT2D eigenvalue weighted by Gasteiger charge is 2.42. The molecule has 22 heavy (non-hydrogen) atoms. The van der Waals surface area contributed by atoms with Crippen molar-refractivity contribution < 1.29 is 14.3 Å². The summed E-state index contributed by atoms with van der Waals surface area (Å²) < 4.78 is 10.6. The first-order chi connectivity index (χ1) is 10.7. The molecule has 1 aromatic carbocycles. The van der Waals surface area contributed by atoms with Gasteiger partial charge in [-0.2, -0.15) is 0 Å². The summed E-state index contributed by atoms with van der Waals surface area (Å²) in [6.07, 6.45) is 5.39. The summed E-state index contributed by atoms with van der Waals surface area (Å²) in [6, 6.07) is 7.52. The summed E-state index contributed by atoms with van der Waals surface area (Å²) in [5.74, 6) is 3.81. The second kappa shape index (κ2) is 6.59. The molecule has 0 unspecified atom stereocenters. The smallest absolute Gasteiger partial charge is 0.258 e. The Balaban J connectivity index is 1.43. The molecule has 1 amide bonds. The second-order valence-corrected chi connectivity index (χ2v) is 6.66. The molecule has 2 aliphatic rings. The number of rotatable bonds is 6. The van der Waals surface area contributed by atoms with Crippen LogP contribution in [0.4, 0.5) is 0 Å². The average molecular weight is 303 g/mol. The van der Waals surface area contributed by atoms with Crippen molar-refractivity contribution in [2.45, 2.75) is 38.6 Å². The normalized spacial score (nSPS) is 27.5. The van der Waals surface area contributed by atoms with Crippen LogP contribution in [0.1, 0.15) is 32.6 Å². The maximum atomic E-state index is 12.1. The Hall–Kier alpha value is -1.71. The highest BCUT2D eigenvalue weighted by molar-refractivity contribution is 5.77. The van der Waals surface area contributed by atoms with Crippen LogP contribution in [0.25, 0.3) is 0 Å². The molecule has 4 heteroatoms. The maximum absolute atomic E-state index is 12.1. The first kappa shape index (κ1) is 15.2. The van der Waals surface area contributed by atoms with Gasteiger partial charge in [0.05, 0.1) is 7.11 Å². The minimum Gasteiger partial charge on any atom is -0.497 e. The second-order valence-electron chi connectivity index (χ2n) is 6.66. The van der Waals surface area contributed by atoms with Gasteiger partial charge in [-0.05, 0) is 68.2 Å². The number of carbonyl (C=O) groups excluding carboxylic acids is 1. The molecule has 0 spiro atoms. The molecule has 0 radical (unpaired) electrons. The molecular weight excluding hydrogens is 278 g/mol. The van der Waals surface area contributed by atoms with E-state index in [-0.39, 0.29) is 18.6 Å². The van der Waals surface area contributed by atoms with Crippen LogP contribution in [0.3, 0.4) is 0 Å². The minimum atomic E-state index is -0.0360. The molecule has 3 rings (SSSR count). The molecule has 4 atom stereocenters. The first-order valence-electron chi connectivity index (χ1n) is 8.22. The maximum Gasteiger partial charge on any atom is 0.258 e. The number of nitrogens with one attached hydrogen (secondary N) is 1. The molecule has 1 N–H and O–H groups in total. The quantitative estimate of drug-likeness (QED) is 0.879. The van der Waals surface area contributed by atoms with E-state index in [1.54, 1.807) is 7.11 Å². The third-order valence-corrected chi connectivity index (χ3v) is 5.25. The third-order valence-electron chi connectivity index (χ3n) is 5.25. The summed E-state index contributed by atoms with van der Waals surface area (Å²) >= 11 is 0. The van der Waals surface area contributed by atoms with Crippen molar-refractivity contribution in [1.82, 2.24) is 5.32 Å². The lowest BCUT2D eigenvalue weighted by atomic mass is 9.84. The third kappa shape index (κ3) is 3.37. The Labute approximate surface area is 132 Å². The minimum absolute atomic E-state index is 0.0360. The van der Waals surface area contributed by atoms with Crippen molar-refractivity contribution in [3.8, 4) is 11.5 Å². The average Bonchev–Trinajstić information content (AvgIpc) is 3.16. The van der Waals surface area contributed by atoms with Crippen LogP contribution in [-0.4, -0.2) is 25.7 Å². The summed E-state index contributed by atoms with van der Waals surface area (Å²) in [7, 11) is 1.63. The van der Waals surface area contributed by atoms with Crippen molar-refractivity contribution in [3.63, 3.8) is 0 Å². The molecule has 0 aliphatic heterocycles. The van der Waals surface area contributed by atoms with E-state index in [1.807, 2.05) is 24.3 Å². The molecule has 1 aromatic rings. The lowest BCUT2D eigenvalue weighted by Gasteiger charge is -2.28. The molecule has 0 aromatic heterocycles. The number of methoxy groups -OCH3 is 1. The van der Waals surface area contributed by atoms with Gasteiger partial charge >= 0.3 is 0 Å². The zero-order chi connectivity index (χ0) is 15.5. The fourth-order valence-electron chi connectivity index (χ4n) is 4.13. The molecule has 4 nitrogen and oxygen atoms in total. The number of fused-ring (bicyclic) bond motifs is 2. The van der Waals surface area contributed by atoms with Gasteiger partial charge in [0.15, 0.2) is 6.61 Å². The molecule has 2 aliphatic carbocycles. The summed E-state index contributed by atoms with van der Waals surface area (Å²) in [6.45, 7) is 2.20. The van der Waals surface area contributed by atoms with Crippen molar-refractivity contribution in [1.29, 1.82) is 0 Å². The summed E-state index contributed by atoms with van der Waals surface area (Å²) in [4.78, 5) is 12.1. The van der Waals surface area contributed by atoms with Crippen LogP contribution >= 0.6 is 0 Å². The topological polar surface area (TPSA) is 47.6 Å². The standard InChI is InChI=1S/C18H25NO3/c1-12(17-10-13-3-4-14(17)9-13)19-18(20)11-22-16-7-5-15(21-2)6-8-16/h5-8,12-14,17H,3-4,9-11H2,1-2H3,(H,19,20)/t12-,13+,14+,17+/m1/s1. The Morgan fingerprint density at radius 1 is 1.23 bits per heavy atom. The van der Waals surface area contributed by atoms with E-state index >= 15 is 0 Å². The van der Waals surface area contributed by atoms with Gasteiger partial charge in [-0.15, -0.1) is 0 Å². The van der Waals surface area contributed by atoms with E-state index in [0.717, 1.165) is 17.6 Å². The molecule has 2 bridgehead atoms. The SMILES string of the molecule is COc1ccc(OCC(=O)N[C@H](C)[C@@H]2C[C@H]3CC[C@H]2C3)cc1. The number of ether oxygens (including phenoxy) is 2. The molecule has 2 saturated carbocycles. The van der Waals surface area contributed by atoms with Crippen LogP contribution in [-0.2, 0) is 4.79 Å². The highest BCUT2D eigenvalue weighted by atomic mass is 16.5. The number of carbonyl (C=O) groups is 1.